The summed E-state index contributed by atoms with van der Waals surface area (Å²) in [5.41, 5.74) is 1.20. The summed E-state index contributed by atoms with van der Waals surface area (Å²) in [5, 5.41) is 2.60. The summed E-state index contributed by atoms with van der Waals surface area (Å²) in [5.74, 6) is 0. The molecular weight excluding hydrogens is 424 g/mol. The molecule has 0 bridgehead atoms. The van der Waals surface area contributed by atoms with Crippen molar-refractivity contribution in [1.82, 2.24) is 0 Å². The normalized spacial score (nSPS) is 19.4. The lowest BCUT2D eigenvalue weighted by Crippen LogP contribution is -2.67. The Morgan fingerprint density at radius 3 is 1.82 bits per heavy atom. The van der Waals surface area contributed by atoms with Crippen molar-refractivity contribution in [3.05, 3.63) is 96.6 Å². The lowest BCUT2D eigenvalue weighted by molar-refractivity contribution is -0.101. The van der Waals surface area contributed by atoms with E-state index >= 15 is 0 Å². The summed E-state index contributed by atoms with van der Waals surface area (Å²) >= 11 is 0. The molecule has 0 amide bonds. The van der Waals surface area contributed by atoms with Crippen LogP contribution in [0.1, 0.15) is 39.2 Å². The molecule has 0 unspecified atom stereocenters. The quantitative estimate of drug-likeness (QED) is 0.426. The van der Waals surface area contributed by atoms with Crippen molar-refractivity contribution >= 4 is 18.7 Å². The Morgan fingerprint density at radius 2 is 1.33 bits per heavy atom. The van der Waals surface area contributed by atoms with Crippen molar-refractivity contribution in [2.24, 2.45) is 0 Å². The van der Waals surface area contributed by atoms with E-state index in [0.29, 0.717) is 19.8 Å². The second-order valence-corrected chi connectivity index (χ2v) is 14.2. The van der Waals surface area contributed by atoms with Gasteiger partial charge in [0.1, 0.15) is 0 Å². The number of hydrogen-bond donors (Lipinski definition) is 0. The number of hydrogen-bond acceptors (Lipinski definition) is 3. The van der Waals surface area contributed by atoms with Crippen LogP contribution in [0, 0.1) is 0 Å². The predicted octanol–water partition coefficient (Wildman–Crippen LogP) is 5.33. The molecule has 0 aliphatic carbocycles. The molecular formula is C29H36O3Si. The summed E-state index contributed by atoms with van der Waals surface area (Å²) in [6.45, 7) is 8.82. The minimum absolute atomic E-state index is 0.0221. The molecule has 0 radical (unpaired) electrons. The summed E-state index contributed by atoms with van der Waals surface area (Å²) < 4.78 is 19.4. The van der Waals surface area contributed by atoms with Crippen LogP contribution in [0.4, 0.5) is 0 Å². The van der Waals surface area contributed by atoms with Crippen molar-refractivity contribution in [3.8, 4) is 0 Å². The molecule has 0 N–H and O–H groups in total. The SMILES string of the molecule is CC(C)(C)[Si](OC[C@H]1CC[C@H](OCc2ccccc2)CO1)(c1ccccc1)c1ccccc1. The van der Waals surface area contributed by atoms with E-state index in [4.69, 9.17) is 13.9 Å². The Bertz CT molecular complexity index is 923. The van der Waals surface area contributed by atoms with E-state index < -0.39 is 8.32 Å². The largest absolute Gasteiger partial charge is 0.405 e. The molecule has 1 saturated heterocycles. The Kier molecular flexibility index (Phi) is 7.81. The molecule has 4 rings (SSSR count). The number of rotatable bonds is 8. The van der Waals surface area contributed by atoms with Crippen LogP contribution in [-0.4, -0.2) is 33.7 Å². The van der Waals surface area contributed by atoms with Crippen LogP contribution in [0.3, 0.4) is 0 Å². The lowest BCUT2D eigenvalue weighted by atomic mass is 10.1. The second kappa shape index (κ2) is 10.8. The highest BCUT2D eigenvalue weighted by Gasteiger charge is 2.50. The maximum Gasteiger partial charge on any atom is 0.261 e. The van der Waals surface area contributed by atoms with Gasteiger partial charge in [-0.3, -0.25) is 0 Å². The van der Waals surface area contributed by atoms with Crippen molar-refractivity contribution in [2.45, 2.75) is 57.5 Å². The highest BCUT2D eigenvalue weighted by Crippen LogP contribution is 2.37. The zero-order valence-corrected chi connectivity index (χ0v) is 21.1. The van der Waals surface area contributed by atoms with E-state index in [0.717, 1.165) is 12.8 Å². The van der Waals surface area contributed by atoms with Crippen LogP contribution in [0.5, 0.6) is 0 Å². The van der Waals surface area contributed by atoms with Gasteiger partial charge in [0.25, 0.3) is 8.32 Å². The van der Waals surface area contributed by atoms with Gasteiger partial charge in [-0.1, -0.05) is 112 Å². The summed E-state index contributed by atoms with van der Waals surface area (Å²) in [6, 6.07) is 31.9. The molecule has 1 aliphatic heterocycles. The van der Waals surface area contributed by atoms with Crippen molar-refractivity contribution in [2.75, 3.05) is 13.2 Å². The minimum Gasteiger partial charge on any atom is -0.405 e. The summed E-state index contributed by atoms with van der Waals surface area (Å²) in [6.07, 6.45) is 2.21. The van der Waals surface area contributed by atoms with Crippen molar-refractivity contribution < 1.29 is 13.9 Å². The van der Waals surface area contributed by atoms with Crippen molar-refractivity contribution in [1.29, 1.82) is 0 Å². The second-order valence-electron chi connectivity index (χ2n) is 9.93. The predicted molar refractivity (Wildman–Crippen MR) is 138 cm³/mol. The fourth-order valence-electron chi connectivity index (χ4n) is 4.81. The average Bonchev–Trinajstić information content (AvgIpc) is 2.85. The first-order valence-electron chi connectivity index (χ1n) is 12.0. The van der Waals surface area contributed by atoms with E-state index in [2.05, 4.69) is 93.6 Å². The maximum atomic E-state index is 7.04. The van der Waals surface area contributed by atoms with E-state index in [-0.39, 0.29) is 17.2 Å². The highest BCUT2D eigenvalue weighted by molar-refractivity contribution is 6.99. The molecule has 1 heterocycles. The third kappa shape index (κ3) is 5.64. The van der Waals surface area contributed by atoms with Crippen LogP contribution in [0.15, 0.2) is 91.0 Å². The van der Waals surface area contributed by atoms with E-state index in [9.17, 15) is 0 Å². The fraction of sp³-hybridized carbons (Fsp3) is 0.379. The molecule has 1 fully saturated rings. The lowest BCUT2D eigenvalue weighted by Gasteiger charge is -2.44. The standard InChI is InChI=1S/C29H36O3Si/c1-29(2,3)33(27-15-9-5-10-16-27,28-17-11-6-12-18-28)32-23-26-20-19-25(22-31-26)30-21-24-13-7-4-8-14-24/h4-18,25-26H,19-23H2,1-3H3/t25-,26+/m0/s1. The van der Waals surface area contributed by atoms with Crippen LogP contribution >= 0.6 is 0 Å². The Labute approximate surface area is 199 Å². The van der Waals surface area contributed by atoms with Gasteiger partial charge in [0.15, 0.2) is 0 Å². The molecule has 4 heteroatoms. The first-order valence-corrected chi connectivity index (χ1v) is 13.9. The van der Waals surface area contributed by atoms with Crippen LogP contribution in [0.2, 0.25) is 5.04 Å². The molecule has 0 spiro atoms. The molecule has 0 aromatic heterocycles. The van der Waals surface area contributed by atoms with Crippen molar-refractivity contribution in [3.63, 3.8) is 0 Å². The third-order valence-electron chi connectivity index (χ3n) is 6.56. The van der Waals surface area contributed by atoms with Gasteiger partial charge >= 0.3 is 0 Å². The van der Waals surface area contributed by atoms with Gasteiger partial charge in [-0.25, -0.2) is 0 Å². The molecule has 3 aromatic carbocycles. The summed E-state index contributed by atoms with van der Waals surface area (Å²) in [4.78, 5) is 0. The maximum absolute atomic E-state index is 7.04. The van der Waals surface area contributed by atoms with Gasteiger partial charge in [0.05, 0.1) is 32.0 Å². The average molecular weight is 461 g/mol. The molecule has 3 aromatic rings. The highest BCUT2D eigenvalue weighted by atomic mass is 28.4. The molecule has 0 saturated carbocycles. The van der Waals surface area contributed by atoms with Gasteiger partial charge in [-0.05, 0) is 33.8 Å². The first kappa shape index (κ1) is 23.9. The minimum atomic E-state index is -2.52. The first-order chi connectivity index (χ1) is 16.0. The zero-order valence-electron chi connectivity index (χ0n) is 20.1. The molecule has 1 aliphatic rings. The Balaban J connectivity index is 1.44. The molecule has 2 atom stereocenters. The van der Waals surface area contributed by atoms with Gasteiger partial charge in [0, 0.05) is 0 Å². The number of ether oxygens (including phenoxy) is 2. The van der Waals surface area contributed by atoms with Crippen LogP contribution in [0.25, 0.3) is 0 Å². The third-order valence-corrected chi connectivity index (χ3v) is 11.6. The van der Waals surface area contributed by atoms with Gasteiger partial charge in [0.2, 0.25) is 0 Å². The van der Waals surface area contributed by atoms with Gasteiger partial charge < -0.3 is 13.9 Å². The Morgan fingerprint density at radius 1 is 0.788 bits per heavy atom. The fourth-order valence-corrected chi connectivity index (χ4v) is 9.40. The smallest absolute Gasteiger partial charge is 0.261 e. The van der Waals surface area contributed by atoms with Gasteiger partial charge in [-0.15, -0.1) is 0 Å². The topological polar surface area (TPSA) is 27.7 Å². The summed E-state index contributed by atoms with van der Waals surface area (Å²) in [7, 11) is -2.52. The number of benzene rings is 3. The van der Waals surface area contributed by atoms with E-state index in [1.165, 1.54) is 15.9 Å². The van der Waals surface area contributed by atoms with Crippen LogP contribution < -0.4 is 10.4 Å². The molecule has 33 heavy (non-hydrogen) atoms. The Hall–Kier alpha value is -2.24. The zero-order chi connectivity index (χ0) is 23.2. The monoisotopic (exact) mass is 460 g/mol. The molecule has 174 valence electrons. The van der Waals surface area contributed by atoms with Gasteiger partial charge in [-0.2, -0.15) is 0 Å². The van der Waals surface area contributed by atoms with E-state index in [1.807, 2.05) is 18.2 Å². The van der Waals surface area contributed by atoms with Crippen LogP contribution in [-0.2, 0) is 20.5 Å². The van der Waals surface area contributed by atoms with E-state index in [1.54, 1.807) is 0 Å². The molecule has 3 nitrogen and oxygen atoms in total.